The highest BCUT2D eigenvalue weighted by Gasteiger charge is 2.41. The summed E-state index contributed by atoms with van der Waals surface area (Å²) in [6.45, 7) is 8.08. The highest BCUT2D eigenvalue weighted by Crippen LogP contribution is 2.44. The maximum Gasteiger partial charge on any atom is 0.573 e. The minimum absolute atomic E-state index is 0.240. The number of benzene rings is 2. The van der Waals surface area contributed by atoms with Crippen molar-refractivity contribution in [3.05, 3.63) is 64.5 Å². The maximum atomic E-state index is 13.3. The Morgan fingerprint density at radius 2 is 1.81 bits per heavy atom. The number of carboxylic acids is 1. The molecule has 1 spiro atoms. The average Bonchev–Trinajstić information content (AvgIpc) is 3.28. The molecular formula is C31H35F3N2O6. The van der Waals surface area contributed by atoms with Crippen LogP contribution in [-0.2, 0) is 11.2 Å². The number of carboxylic acid groups (broad SMARTS) is 1. The summed E-state index contributed by atoms with van der Waals surface area (Å²) in [5.74, 6) is -1.06. The Kier molecular flexibility index (Phi) is 8.02. The summed E-state index contributed by atoms with van der Waals surface area (Å²) in [4.78, 5) is 13.5. The van der Waals surface area contributed by atoms with Crippen LogP contribution in [-0.4, -0.2) is 51.3 Å². The van der Waals surface area contributed by atoms with Crippen molar-refractivity contribution >= 4 is 5.97 Å². The highest BCUT2D eigenvalue weighted by atomic mass is 19.4. The minimum atomic E-state index is -4.83. The first kappa shape index (κ1) is 29.9. The Bertz CT molecular complexity index is 1440. The van der Waals surface area contributed by atoms with Crippen molar-refractivity contribution in [2.75, 3.05) is 13.1 Å². The molecule has 226 valence electrons. The number of fused-ring (bicyclic) bond motifs is 1. The number of carbonyl (C=O) groups is 1. The molecule has 1 aromatic heterocycles. The van der Waals surface area contributed by atoms with Crippen molar-refractivity contribution in [2.45, 2.75) is 77.5 Å². The smallest absolute Gasteiger partial charge is 0.487 e. The van der Waals surface area contributed by atoms with E-state index in [0.29, 0.717) is 59.8 Å². The monoisotopic (exact) mass is 588 g/mol. The second-order valence-corrected chi connectivity index (χ2v) is 11.4. The van der Waals surface area contributed by atoms with Gasteiger partial charge in [-0.2, -0.15) is 0 Å². The molecule has 2 N–H and O–H groups in total. The molecule has 0 radical (unpaired) electrons. The van der Waals surface area contributed by atoms with Crippen LogP contribution in [0.3, 0.4) is 0 Å². The first-order valence-electron chi connectivity index (χ1n) is 14.1. The number of hydrogen-bond donors (Lipinski definition) is 2. The van der Waals surface area contributed by atoms with Crippen LogP contribution in [0.4, 0.5) is 13.2 Å². The molecule has 1 fully saturated rings. The summed E-state index contributed by atoms with van der Waals surface area (Å²) >= 11 is 0. The van der Waals surface area contributed by atoms with Gasteiger partial charge in [0.15, 0.2) is 0 Å². The second-order valence-electron chi connectivity index (χ2n) is 11.4. The number of aliphatic hydroxyl groups excluding tert-OH is 1. The van der Waals surface area contributed by atoms with E-state index < -0.39 is 30.0 Å². The molecule has 8 nitrogen and oxygen atoms in total. The van der Waals surface area contributed by atoms with Gasteiger partial charge in [-0.3, -0.25) is 9.69 Å². The minimum Gasteiger partial charge on any atom is -0.487 e. The number of piperidine rings is 1. The van der Waals surface area contributed by atoms with Crippen molar-refractivity contribution in [1.82, 2.24) is 10.1 Å². The van der Waals surface area contributed by atoms with Crippen LogP contribution in [0.15, 0.2) is 40.9 Å². The molecule has 0 amide bonds. The van der Waals surface area contributed by atoms with Gasteiger partial charge in [0.1, 0.15) is 22.9 Å². The third-order valence-electron chi connectivity index (χ3n) is 8.74. The maximum absolute atomic E-state index is 13.3. The Balaban J connectivity index is 1.35. The van der Waals surface area contributed by atoms with E-state index in [1.807, 2.05) is 13.0 Å². The quantitative estimate of drug-likeness (QED) is 0.321. The van der Waals surface area contributed by atoms with Gasteiger partial charge in [0.2, 0.25) is 0 Å². The number of rotatable bonds is 7. The van der Waals surface area contributed by atoms with Gasteiger partial charge in [-0.05, 0) is 88.3 Å². The fraction of sp³-hybridized carbons (Fsp3) is 0.484. The molecule has 3 atom stereocenters. The lowest BCUT2D eigenvalue weighted by molar-refractivity contribution is -0.275. The van der Waals surface area contributed by atoms with Gasteiger partial charge in [-0.25, -0.2) is 0 Å². The SMILES string of the molecule is Cc1noc(C)c1-c1ccc(OC(F)(F)F)c(C(C)N2CCC3(CCc4ccc([C@H](O)[C@H](C)C(=O)O)cc4O3)CC2)c1. The van der Waals surface area contributed by atoms with E-state index in [1.165, 1.54) is 13.0 Å². The fourth-order valence-electron chi connectivity index (χ4n) is 6.14. The molecular weight excluding hydrogens is 553 g/mol. The third kappa shape index (κ3) is 5.98. The van der Waals surface area contributed by atoms with Gasteiger partial charge in [-0.1, -0.05) is 23.4 Å². The Hall–Kier alpha value is -3.57. The number of likely N-dealkylation sites (tertiary alicyclic amines) is 1. The molecule has 2 aliphatic heterocycles. The van der Waals surface area contributed by atoms with Crippen LogP contribution >= 0.6 is 0 Å². The zero-order valence-electron chi connectivity index (χ0n) is 24.0. The van der Waals surface area contributed by atoms with E-state index in [0.717, 1.165) is 24.0 Å². The first-order chi connectivity index (χ1) is 19.8. The average molecular weight is 589 g/mol. The van der Waals surface area contributed by atoms with Gasteiger partial charge in [0.05, 0.1) is 17.7 Å². The van der Waals surface area contributed by atoms with E-state index in [4.69, 9.17) is 9.26 Å². The van der Waals surface area contributed by atoms with Crippen LogP contribution in [0.5, 0.6) is 11.5 Å². The third-order valence-corrected chi connectivity index (χ3v) is 8.74. The number of aryl methyl sites for hydroxylation is 3. The summed E-state index contributed by atoms with van der Waals surface area (Å²) in [5.41, 5.74) is 3.56. The van der Waals surface area contributed by atoms with E-state index in [2.05, 4.69) is 14.8 Å². The van der Waals surface area contributed by atoms with Gasteiger partial charge in [-0.15, -0.1) is 13.2 Å². The van der Waals surface area contributed by atoms with E-state index in [-0.39, 0.29) is 11.8 Å². The van der Waals surface area contributed by atoms with Crippen molar-refractivity contribution in [3.8, 4) is 22.6 Å². The lowest BCUT2D eigenvalue weighted by Gasteiger charge is -2.46. The predicted molar refractivity (Wildman–Crippen MR) is 147 cm³/mol. The van der Waals surface area contributed by atoms with Gasteiger partial charge in [0, 0.05) is 30.3 Å². The Labute approximate surface area is 242 Å². The predicted octanol–water partition coefficient (Wildman–Crippen LogP) is 6.53. The largest absolute Gasteiger partial charge is 0.573 e. The molecule has 42 heavy (non-hydrogen) atoms. The number of nitrogens with zero attached hydrogens (tertiary/aromatic N) is 2. The Morgan fingerprint density at radius 1 is 1.10 bits per heavy atom. The molecule has 3 heterocycles. The van der Waals surface area contributed by atoms with Crippen molar-refractivity contribution in [2.24, 2.45) is 5.92 Å². The zero-order chi connectivity index (χ0) is 30.4. The van der Waals surface area contributed by atoms with E-state index in [9.17, 15) is 28.2 Å². The molecule has 11 heteroatoms. The topological polar surface area (TPSA) is 105 Å². The van der Waals surface area contributed by atoms with Gasteiger partial charge in [0.25, 0.3) is 0 Å². The molecule has 1 unspecified atom stereocenters. The summed E-state index contributed by atoms with van der Waals surface area (Å²) < 4.78 is 56.2. The summed E-state index contributed by atoms with van der Waals surface area (Å²) in [6, 6.07) is 9.63. The number of alkyl halides is 3. The lowest BCUT2D eigenvalue weighted by Crippen LogP contribution is -2.50. The number of hydrogen-bond acceptors (Lipinski definition) is 7. The van der Waals surface area contributed by atoms with E-state index in [1.54, 1.807) is 38.1 Å². The van der Waals surface area contributed by atoms with Crippen LogP contribution in [0, 0.1) is 19.8 Å². The normalized spacial score (nSPS) is 19.0. The molecule has 3 aromatic rings. The van der Waals surface area contributed by atoms with Crippen molar-refractivity contribution < 1.29 is 42.2 Å². The lowest BCUT2D eigenvalue weighted by atomic mass is 9.82. The second kappa shape index (κ2) is 11.3. The number of halogens is 3. The fourth-order valence-corrected chi connectivity index (χ4v) is 6.14. The van der Waals surface area contributed by atoms with Crippen LogP contribution in [0.1, 0.15) is 73.4 Å². The molecule has 2 aromatic carbocycles. The summed E-state index contributed by atoms with van der Waals surface area (Å²) in [7, 11) is 0. The van der Waals surface area contributed by atoms with Crippen LogP contribution < -0.4 is 9.47 Å². The van der Waals surface area contributed by atoms with Crippen molar-refractivity contribution in [1.29, 1.82) is 0 Å². The molecule has 5 rings (SSSR count). The first-order valence-corrected chi connectivity index (χ1v) is 14.1. The summed E-state index contributed by atoms with van der Waals surface area (Å²) in [6.07, 6.45) is -3.10. The molecule has 0 aliphatic carbocycles. The molecule has 0 bridgehead atoms. The number of aromatic nitrogens is 1. The molecule has 2 aliphatic rings. The standard InChI is InChI=1S/C31H35F3N2O6/c1-17(29(38)39)28(37)23-6-5-21-9-10-30(40-26(21)16-23)11-13-36(14-12-30)19(3)24-15-22(27-18(2)35-42-20(27)4)7-8-25(24)41-31(32,33)34/h5-8,15-17,19,28,37H,9-14H2,1-4H3,(H,38,39)/t17-,19?,28+/m0/s1. The molecule has 1 saturated heterocycles. The van der Waals surface area contributed by atoms with Crippen LogP contribution in [0.2, 0.25) is 0 Å². The van der Waals surface area contributed by atoms with Gasteiger partial charge >= 0.3 is 12.3 Å². The Morgan fingerprint density at radius 3 is 2.43 bits per heavy atom. The van der Waals surface area contributed by atoms with Crippen LogP contribution in [0.25, 0.3) is 11.1 Å². The highest BCUT2D eigenvalue weighted by molar-refractivity contribution is 5.71. The van der Waals surface area contributed by atoms with Crippen molar-refractivity contribution in [3.63, 3.8) is 0 Å². The summed E-state index contributed by atoms with van der Waals surface area (Å²) in [5, 5.41) is 23.8. The zero-order valence-corrected chi connectivity index (χ0v) is 24.0. The van der Waals surface area contributed by atoms with E-state index >= 15 is 0 Å². The number of aliphatic hydroxyl groups is 1. The number of ether oxygens (including phenoxy) is 2. The number of aliphatic carboxylic acids is 1. The molecule has 0 saturated carbocycles. The van der Waals surface area contributed by atoms with Gasteiger partial charge < -0.3 is 24.2 Å².